The molecule has 0 rings (SSSR count). The molecule has 0 aliphatic rings. The summed E-state index contributed by atoms with van der Waals surface area (Å²) < 4.78 is 0. The fourth-order valence-electron chi connectivity index (χ4n) is 0.982. The molecule has 5 heteroatoms. The van der Waals surface area contributed by atoms with Gasteiger partial charge in [0.1, 0.15) is 0 Å². The molecule has 1 amide bonds. The normalized spacial score (nSPS) is 12.3. The van der Waals surface area contributed by atoms with Crippen molar-refractivity contribution in [1.29, 1.82) is 0 Å². The van der Waals surface area contributed by atoms with Crippen LogP contribution in [0.2, 0.25) is 0 Å². The minimum atomic E-state index is -1.06. The van der Waals surface area contributed by atoms with Crippen molar-refractivity contribution in [2.24, 2.45) is 0 Å². The first kappa shape index (κ1) is 14.6. The second-order valence-corrected chi connectivity index (χ2v) is 3.71. The standard InChI is InChI=1S/C11H20N2O3/c1-5-13(4)7-6-12-10(14)8(2)9(3)11(15)16/h5-7H2,1-4H3,(H,12,14)(H,15,16). The van der Waals surface area contributed by atoms with Gasteiger partial charge in [0.2, 0.25) is 5.91 Å². The fourth-order valence-corrected chi connectivity index (χ4v) is 0.982. The van der Waals surface area contributed by atoms with Crippen LogP contribution in [0.3, 0.4) is 0 Å². The van der Waals surface area contributed by atoms with Gasteiger partial charge in [-0.2, -0.15) is 0 Å². The highest BCUT2D eigenvalue weighted by Crippen LogP contribution is 2.02. The fraction of sp³-hybridized carbons (Fsp3) is 0.636. The van der Waals surface area contributed by atoms with Crippen molar-refractivity contribution in [3.05, 3.63) is 11.1 Å². The zero-order chi connectivity index (χ0) is 12.7. The van der Waals surface area contributed by atoms with Gasteiger partial charge in [-0.25, -0.2) is 4.79 Å². The van der Waals surface area contributed by atoms with Gasteiger partial charge >= 0.3 is 5.97 Å². The first-order chi connectivity index (χ1) is 7.40. The lowest BCUT2D eigenvalue weighted by molar-refractivity contribution is -0.133. The smallest absolute Gasteiger partial charge is 0.331 e. The molecule has 0 spiro atoms. The van der Waals surface area contributed by atoms with Crippen LogP contribution in [0.1, 0.15) is 20.8 Å². The first-order valence-electron chi connectivity index (χ1n) is 5.27. The van der Waals surface area contributed by atoms with Crippen LogP contribution < -0.4 is 5.32 Å². The predicted octanol–water partition coefficient (Wildman–Crippen LogP) is 0.475. The Morgan fingerprint density at radius 1 is 1.25 bits per heavy atom. The summed E-state index contributed by atoms with van der Waals surface area (Å²) in [6.45, 7) is 7.16. The van der Waals surface area contributed by atoms with E-state index in [4.69, 9.17) is 5.11 Å². The summed E-state index contributed by atoms with van der Waals surface area (Å²) in [6.07, 6.45) is 0. The lowest BCUT2D eigenvalue weighted by Crippen LogP contribution is -2.33. The maximum Gasteiger partial charge on any atom is 0.331 e. The number of amides is 1. The quantitative estimate of drug-likeness (QED) is 0.649. The topological polar surface area (TPSA) is 69.6 Å². The van der Waals surface area contributed by atoms with E-state index < -0.39 is 5.97 Å². The first-order valence-corrected chi connectivity index (χ1v) is 5.27. The van der Waals surface area contributed by atoms with Crippen molar-refractivity contribution in [2.45, 2.75) is 20.8 Å². The van der Waals surface area contributed by atoms with Gasteiger partial charge in [0.25, 0.3) is 0 Å². The van der Waals surface area contributed by atoms with E-state index in [1.807, 2.05) is 14.0 Å². The molecule has 0 aromatic rings. The molecule has 5 nitrogen and oxygen atoms in total. The molecule has 2 N–H and O–H groups in total. The number of aliphatic carboxylic acids is 1. The van der Waals surface area contributed by atoms with E-state index in [-0.39, 0.29) is 17.1 Å². The van der Waals surface area contributed by atoms with Crippen molar-refractivity contribution in [2.75, 3.05) is 26.7 Å². The average molecular weight is 228 g/mol. The Labute approximate surface area is 96.1 Å². The molecule has 0 aliphatic heterocycles. The van der Waals surface area contributed by atoms with Crippen LogP contribution in [0.25, 0.3) is 0 Å². The van der Waals surface area contributed by atoms with E-state index in [0.29, 0.717) is 6.54 Å². The van der Waals surface area contributed by atoms with Gasteiger partial charge in [0, 0.05) is 24.2 Å². The molecule has 92 valence electrons. The monoisotopic (exact) mass is 228 g/mol. The SMILES string of the molecule is CCN(C)CCNC(=O)C(C)=C(C)C(=O)O. The number of carboxylic acids is 1. The van der Waals surface area contributed by atoms with Crippen LogP contribution >= 0.6 is 0 Å². The highest BCUT2D eigenvalue weighted by Gasteiger charge is 2.11. The number of likely N-dealkylation sites (N-methyl/N-ethyl adjacent to an activating group) is 1. The predicted molar refractivity (Wildman–Crippen MR) is 62.2 cm³/mol. The largest absolute Gasteiger partial charge is 0.478 e. The zero-order valence-electron chi connectivity index (χ0n) is 10.3. The molecule has 0 saturated heterocycles. The third-order valence-electron chi connectivity index (χ3n) is 2.54. The maximum absolute atomic E-state index is 11.5. The summed E-state index contributed by atoms with van der Waals surface area (Å²) in [5.74, 6) is -1.37. The third-order valence-corrected chi connectivity index (χ3v) is 2.54. The number of carboxylic acid groups (broad SMARTS) is 1. The highest BCUT2D eigenvalue weighted by molar-refractivity contribution is 6.01. The van der Waals surface area contributed by atoms with E-state index >= 15 is 0 Å². The van der Waals surface area contributed by atoms with Crippen LogP contribution in [0.5, 0.6) is 0 Å². The molecule has 0 atom stereocenters. The van der Waals surface area contributed by atoms with Gasteiger partial charge in [0.15, 0.2) is 0 Å². The van der Waals surface area contributed by atoms with E-state index in [1.165, 1.54) is 13.8 Å². The Morgan fingerprint density at radius 2 is 1.81 bits per heavy atom. The van der Waals surface area contributed by atoms with Crippen molar-refractivity contribution in [3.8, 4) is 0 Å². The third kappa shape index (κ3) is 4.93. The molecule has 0 aromatic carbocycles. The van der Waals surface area contributed by atoms with Gasteiger partial charge in [-0.05, 0) is 27.4 Å². The van der Waals surface area contributed by atoms with Gasteiger partial charge in [0.05, 0.1) is 0 Å². The summed E-state index contributed by atoms with van der Waals surface area (Å²) >= 11 is 0. The molecule has 16 heavy (non-hydrogen) atoms. The summed E-state index contributed by atoms with van der Waals surface area (Å²) in [5, 5.41) is 11.4. The molecule has 0 bridgehead atoms. The molecule has 0 heterocycles. The Kier molecular flexibility index (Phi) is 6.41. The number of hydrogen-bond acceptors (Lipinski definition) is 3. The van der Waals surface area contributed by atoms with Crippen LogP contribution in [0.4, 0.5) is 0 Å². The zero-order valence-corrected chi connectivity index (χ0v) is 10.3. The van der Waals surface area contributed by atoms with Gasteiger partial charge in [-0.3, -0.25) is 4.79 Å². The Morgan fingerprint density at radius 3 is 2.25 bits per heavy atom. The Bertz CT molecular complexity index is 298. The van der Waals surface area contributed by atoms with Crippen molar-refractivity contribution < 1.29 is 14.7 Å². The lowest BCUT2D eigenvalue weighted by Gasteiger charge is -2.14. The number of nitrogens with zero attached hydrogens (tertiary/aromatic N) is 1. The van der Waals surface area contributed by atoms with Crippen LogP contribution in [-0.2, 0) is 9.59 Å². The summed E-state index contributed by atoms with van der Waals surface area (Å²) in [7, 11) is 1.96. The van der Waals surface area contributed by atoms with Crippen molar-refractivity contribution >= 4 is 11.9 Å². The van der Waals surface area contributed by atoms with Crippen molar-refractivity contribution in [1.82, 2.24) is 10.2 Å². The maximum atomic E-state index is 11.5. The summed E-state index contributed by atoms with van der Waals surface area (Å²) in [5.41, 5.74) is 0.341. The molecule has 0 unspecified atom stereocenters. The van der Waals surface area contributed by atoms with Gasteiger partial charge in [-0.1, -0.05) is 6.92 Å². The molecular weight excluding hydrogens is 208 g/mol. The lowest BCUT2D eigenvalue weighted by atomic mass is 10.1. The van der Waals surface area contributed by atoms with E-state index in [9.17, 15) is 9.59 Å². The van der Waals surface area contributed by atoms with E-state index in [0.717, 1.165) is 13.1 Å². The van der Waals surface area contributed by atoms with E-state index in [1.54, 1.807) is 0 Å². The van der Waals surface area contributed by atoms with E-state index in [2.05, 4.69) is 10.2 Å². The molecule has 0 radical (unpaired) electrons. The summed E-state index contributed by atoms with van der Waals surface area (Å²) in [6, 6.07) is 0. The second-order valence-electron chi connectivity index (χ2n) is 3.71. The number of nitrogens with one attached hydrogen (secondary N) is 1. The molecular formula is C11H20N2O3. The number of carbonyl (C=O) groups excluding carboxylic acids is 1. The number of carbonyl (C=O) groups is 2. The molecule has 0 fully saturated rings. The Balaban J connectivity index is 4.18. The molecule has 0 aliphatic carbocycles. The molecule has 0 aromatic heterocycles. The molecule has 0 saturated carbocycles. The van der Waals surface area contributed by atoms with Crippen molar-refractivity contribution in [3.63, 3.8) is 0 Å². The minimum Gasteiger partial charge on any atom is -0.478 e. The summed E-state index contributed by atoms with van der Waals surface area (Å²) in [4.78, 5) is 24.2. The Hall–Kier alpha value is -1.36. The highest BCUT2D eigenvalue weighted by atomic mass is 16.4. The second kappa shape index (κ2) is 7.00. The van der Waals surface area contributed by atoms with Crippen LogP contribution in [-0.4, -0.2) is 48.6 Å². The number of rotatable bonds is 6. The van der Waals surface area contributed by atoms with Gasteiger partial charge < -0.3 is 15.3 Å². The number of hydrogen-bond donors (Lipinski definition) is 2. The minimum absolute atomic E-state index is 0.0846. The van der Waals surface area contributed by atoms with Gasteiger partial charge in [-0.15, -0.1) is 0 Å². The van der Waals surface area contributed by atoms with Crippen LogP contribution in [0.15, 0.2) is 11.1 Å². The van der Waals surface area contributed by atoms with Crippen LogP contribution in [0, 0.1) is 0 Å². The average Bonchev–Trinajstić information content (AvgIpc) is 2.26.